The second-order valence-corrected chi connectivity index (χ2v) is 6.70. The van der Waals surface area contributed by atoms with Gasteiger partial charge < -0.3 is 14.8 Å². The van der Waals surface area contributed by atoms with E-state index in [1.54, 1.807) is 0 Å². The minimum absolute atomic E-state index is 0.274. The van der Waals surface area contributed by atoms with E-state index in [1.165, 1.54) is 13.0 Å². The van der Waals surface area contributed by atoms with E-state index in [9.17, 15) is 0 Å². The van der Waals surface area contributed by atoms with Crippen LogP contribution in [0, 0.1) is 5.92 Å². The van der Waals surface area contributed by atoms with Crippen molar-refractivity contribution < 1.29 is 9.47 Å². The lowest BCUT2D eigenvalue weighted by molar-refractivity contribution is -0.193. The zero-order valence-corrected chi connectivity index (χ0v) is 12.5. The molecule has 0 aromatic carbocycles. The average molecular weight is 268 g/mol. The van der Waals surface area contributed by atoms with Gasteiger partial charge in [0, 0.05) is 37.5 Å². The minimum Gasteiger partial charge on any atom is -0.347 e. The highest BCUT2D eigenvalue weighted by Gasteiger charge is 2.48. The molecule has 0 aromatic heterocycles. The summed E-state index contributed by atoms with van der Waals surface area (Å²) in [7, 11) is 2.09. The molecule has 19 heavy (non-hydrogen) atoms. The lowest BCUT2D eigenvalue weighted by atomic mass is 9.84. The van der Waals surface area contributed by atoms with Crippen LogP contribution in [0.25, 0.3) is 0 Å². The second-order valence-electron chi connectivity index (χ2n) is 6.70. The summed E-state index contributed by atoms with van der Waals surface area (Å²) >= 11 is 0. The number of nitrogens with one attached hydrogen (secondary N) is 1. The van der Waals surface area contributed by atoms with E-state index in [2.05, 4.69) is 31.1 Å². The van der Waals surface area contributed by atoms with Gasteiger partial charge >= 0.3 is 0 Å². The summed E-state index contributed by atoms with van der Waals surface area (Å²) in [6, 6.07) is 1.82. The van der Waals surface area contributed by atoms with Crippen LogP contribution in [0.2, 0.25) is 0 Å². The number of likely N-dealkylation sites (N-methyl/N-ethyl adjacent to an activating group) is 1. The number of nitrogens with zero attached hydrogens (tertiary/aromatic N) is 1. The Bertz CT molecular complexity index is 317. The molecule has 3 aliphatic rings. The Morgan fingerprint density at radius 2 is 1.95 bits per heavy atom. The molecule has 4 heteroatoms. The molecule has 1 aliphatic carbocycles. The smallest absolute Gasteiger partial charge is 0.170 e. The fraction of sp³-hybridized carbons (Fsp3) is 1.00. The Kier molecular flexibility index (Phi) is 3.87. The first-order valence-electron chi connectivity index (χ1n) is 7.84. The first-order chi connectivity index (χ1) is 9.13. The summed E-state index contributed by atoms with van der Waals surface area (Å²) in [6.07, 6.45) is 4.53. The van der Waals surface area contributed by atoms with Crippen molar-refractivity contribution in [1.29, 1.82) is 0 Å². The van der Waals surface area contributed by atoms with Crippen LogP contribution in [0.5, 0.6) is 0 Å². The standard InChI is InChI=1S/C15H28N2O2/c1-11-8-12(2)17(10-11)14-9-15(18-6-7-19-15)5-4-13(14)16-3/h11-14,16H,4-10H2,1-3H3. The number of ether oxygens (including phenoxy) is 2. The molecule has 4 nitrogen and oxygen atoms in total. The van der Waals surface area contributed by atoms with Crippen LogP contribution in [0.3, 0.4) is 0 Å². The predicted molar refractivity (Wildman–Crippen MR) is 75.1 cm³/mol. The van der Waals surface area contributed by atoms with Crippen molar-refractivity contribution >= 4 is 0 Å². The van der Waals surface area contributed by atoms with E-state index in [4.69, 9.17) is 9.47 Å². The highest BCUT2D eigenvalue weighted by atomic mass is 16.7. The fourth-order valence-electron chi connectivity index (χ4n) is 4.37. The molecule has 0 bridgehead atoms. The van der Waals surface area contributed by atoms with Gasteiger partial charge in [0.2, 0.25) is 0 Å². The van der Waals surface area contributed by atoms with Crippen molar-refractivity contribution in [3.8, 4) is 0 Å². The Hall–Kier alpha value is -0.160. The SMILES string of the molecule is CNC1CCC2(CC1N1CC(C)CC1C)OCCO2. The van der Waals surface area contributed by atoms with Gasteiger partial charge in [0.15, 0.2) is 5.79 Å². The molecular weight excluding hydrogens is 240 g/mol. The molecule has 0 amide bonds. The summed E-state index contributed by atoms with van der Waals surface area (Å²) < 4.78 is 11.9. The van der Waals surface area contributed by atoms with Gasteiger partial charge in [0.1, 0.15) is 0 Å². The molecule has 4 atom stereocenters. The maximum atomic E-state index is 5.95. The van der Waals surface area contributed by atoms with Crippen LogP contribution in [0.15, 0.2) is 0 Å². The third-order valence-electron chi connectivity index (χ3n) is 5.26. The van der Waals surface area contributed by atoms with Crippen LogP contribution in [0.4, 0.5) is 0 Å². The van der Waals surface area contributed by atoms with Gasteiger partial charge in [0.25, 0.3) is 0 Å². The Labute approximate surface area is 116 Å². The molecule has 2 aliphatic heterocycles. The van der Waals surface area contributed by atoms with E-state index < -0.39 is 0 Å². The van der Waals surface area contributed by atoms with E-state index in [0.29, 0.717) is 18.1 Å². The van der Waals surface area contributed by atoms with Gasteiger partial charge in [-0.05, 0) is 32.7 Å². The molecule has 0 aromatic rings. The lowest BCUT2D eigenvalue weighted by Gasteiger charge is -2.46. The second kappa shape index (κ2) is 5.32. The van der Waals surface area contributed by atoms with Gasteiger partial charge in [-0.3, -0.25) is 4.90 Å². The Morgan fingerprint density at radius 3 is 2.53 bits per heavy atom. The molecule has 3 fully saturated rings. The number of rotatable bonds is 2. The van der Waals surface area contributed by atoms with Crippen molar-refractivity contribution in [1.82, 2.24) is 10.2 Å². The van der Waals surface area contributed by atoms with Gasteiger partial charge in [-0.25, -0.2) is 0 Å². The van der Waals surface area contributed by atoms with E-state index in [0.717, 1.165) is 38.4 Å². The van der Waals surface area contributed by atoms with Gasteiger partial charge in [-0.2, -0.15) is 0 Å². The zero-order chi connectivity index (χ0) is 13.5. The largest absolute Gasteiger partial charge is 0.347 e. The summed E-state index contributed by atoms with van der Waals surface area (Å²) in [6.45, 7) is 7.49. The first kappa shape index (κ1) is 13.8. The van der Waals surface area contributed by atoms with Gasteiger partial charge in [-0.15, -0.1) is 0 Å². The lowest BCUT2D eigenvalue weighted by Crippen LogP contribution is -2.57. The van der Waals surface area contributed by atoms with Crippen molar-refractivity contribution in [2.75, 3.05) is 26.8 Å². The molecule has 2 saturated heterocycles. The predicted octanol–water partition coefficient (Wildman–Crippen LogP) is 1.60. The monoisotopic (exact) mass is 268 g/mol. The molecule has 3 rings (SSSR count). The van der Waals surface area contributed by atoms with Crippen LogP contribution < -0.4 is 5.32 Å². The molecule has 1 saturated carbocycles. The van der Waals surface area contributed by atoms with E-state index in [1.807, 2.05) is 0 Å². The topological polar surface area (TPSA) is 33.7 Å². The summed E-state index contributed by atoms with van der Waals surface area (Å²) in [4.78, 5) is 2.69. The van der Waals surface area contributed by atoms with Crippen LogP contribution in [0.1, 0.15) is 39.5 Å². The number of hydrogen-bond acceptors (Lipinski definition) is 4. The average Bonchev–Trinajstić information content (AvgIpc) is 2.97. The Morgan fingerprint density at radius 1 is 1.21 bits per heavy atom. The summed E-state index contributed by atoms with van der Waals surface area (Å²) in [5.41, 5.74) is 0. The van der Waals surface area contributed by atoms with Crippen molar-refractivity contribution in [3.05, 3.63) is 0 Å². The normalized spacial score (nSPS) is 43.1. The van der Waals surface area contributed by atoms with Crippen molar-refractivity contribution in [2.24, 2.45) is 5.92 Å². The zero-order valence-electron chi connectivity index (χ0n) is 12.5. The van der Waals surface area contributed by atoms with Crippen LogP contribution in [-0.4, -0.2) is 55.6 Å². The van der Waals surface area contributed by atoms with E-state index >= 15 is 0 Å². The number of likely N-dealkylation sites (tertiary alicyclic amines) is 1. The minimum atomic E-state index is -0.274. The third-order valence-corrected chi connectivity index (χ3v) is 5.26. The van der Waals surface area contributed by atoms with Crippen molar-refractivity contribution in [2.45, 2.75) is 63.4 Å². The molecule has 0 radical (unpaired) electrons. The fourth-order valence-corrected chi connectivity index (χ4v) is 4.37. The van der Waals surface area contributed by atoms with Gasteiger partial charge in [-0.1, -0.05) is 6.92 Å². The summed E-state index contributed by atoms with van der Waals surface area (Å²) in [5.74, 6) is 0.541. The third kappa shape index (κ3) is 2.56. The first-order valence-corrected chi connectivity index (χ1v) is 7.84. The van der Waals surface area contributed by atoms with Gasteiger partial charge in [0.05, 0.1) is 13.2 Å². The highest BCUT2D eigenvalue weighted by molar-refractivity contribution is 4.99. The molecule has 110 valence electrons. The number of hydrogen-bond donors (Lipinski definition) is 1. The quantitative estimate of drug-likeness (QED) is 0.825. The van der Waals surface area contributed by atoms with Crippen LogP contribution in [-0.2, 0) is 9.47 Å². The molecule has 1 N–H and O–H groups in total. The van der Waals surface area contributed by atoms with Crippen molar-refractivity contribution in [3.63, 3.8) is 0 Å². The molecule has 4 unspecified atom stereocenters. The Balaban J connectivity index is 1.75. The molecular formula is C15H28N2O2. The molecule has 2 heterocycles. The maximum absolute atomic E-state index is 5.95. The summed E-state index contributed by atoms with van der Waals surface area (Å²) in [5, 5.41) is 3.52. The maximum Gasteiger partial charge on any atom is 0.170 e. The van der Waals surface area contributed by atoms with E-state index in [-0.39, 0.29) is 5.79 Å². The highest BCUT2D eigenvalue weighted by Crippen LogP contribution is 2.40. The van der Waals surface area contributed by atoms with Crippen LogP contribution >= 0.6 is 0 Å². The molecule has 1 spiro atoms.